The Labute approximate surface area is 225 Å². The molecule has 0 saturated carbocycles. The molecule has 39 heavy (non-hydrogen) atoms. The van der Waals surface area contributed by atoms with Crippen molar-refractivity contribution >= 4 is 28.7 Å². The van der Waals surface area contributed by atoms with Gasteiger partial charge in [-0.15, -0.1) is 0 Å². The lowest BCUT2D eigenvalue weighted by molar-refractivity contribution is 0.474. The average Bonchev–Trinajstić information content (AvgIpc) is 3.32. The summed E-state index contributed by atoms with van der Waals surface area (Å²) in [5.41, 5.74) is 9.51. The fourth-order valence-corrected chi connectivity index (χ4v) is 5.24. The third-order valence-electron chi connectivity index (χ3n) is 7.05. The molecule has 5 aromatic carbocycles. The lowest BCUT2D eigenvalue weighted by atomic mass is 9.77. The van der Waals surface area contributed by atoms with Gasteiger partial charge in [0.15, 0.2) is 0 Å². The number of aromatic nitrogens is 2. The molecule has 0 aliphatic carbocycles. The lowest BCUT2D eigenvalue weighted by Crippen LogP contribution is -2.38. The monoisotopic (exact) mass is 513 g/mol. The second kappa shape index (κ2) is 10.0. The summed E-state index contributed by atoms with van der Waals surface area (Å²) in [6, 6.07) is 39.7. The van der Waals surface area contributed by atoms with Gasteiger partial charge in [0.05, 0.1) is 16.9 Å². The van der Waals surface area contributed by atoms with Crippen LogP contribution in [0.15, 0.2) is 127 Å². The predicted octanol–water partition coefficient (Wildman–Crippen LogP) is 7.91. The van der Waals surface area contributed by atoms with Crippen LogP contribution in [0.3, 0.4) is 0 Å². The van der Waals surface area contributed by atoms with E-state index in [0.717, 1.165) is 16.7 Å². The molecule has 0 amide bonds. The predicted molar refractivity (Wildman–Crippen MR) is 154 cm³/mol. The molecule has 0 spiro atoms. The highest BCUT2D eigenvalue weighted by atomic mass is 19.1. The van der Waals surface area contributed by atoms with Crippen LogP contribution < -0.4 is 5.73 Å². The van der Waals surface area contributed by atoms with E-state index in [1.54, 1.807) is 36.4 Å². The SMILES string of the molecule is Nc1cc2c(/C=C/c3ccccc3F)nn(C(c3ccccc3)(c3ccccc3)c3ccccc3)c2cc1F. The number of nitrogens with zero attached hydrogens (tertiary/aromatic N) is 2. The van der Waals surface area contributed by atoms with Gasteiger partial charge in [-0.25, -0.2) is 13.5 Å². The third-order valence-corrected chi connectivity index (χ3v) is 7.05. The Morgan fingerprint density at radius 3 is 1.67 bits per heavy atom. The zero-order valence-corrected chi connectivity index (χ0v) is 21.0. The fraction of sp³-hybridized carbons (Fsp3) is 0.0294. The van der Waals surface area contributed by atoms with Gasteiger partial charge in [-0.2, -0.15) is 5.10 Å². The van der Waals surface area contributed by atoms with Crippen molar-refractivity contribution in [2.24, 2.45) is 0 Å². The maximum atomic E-state index is 15.1. The largest absolute Gasteiger partial charge is 0.396 e. The van der Waals surface area contributed by atoms with E-state index >= 15 is 4.39 Å². The molecule has 0 fully saturated rings. The Balaban J connectivity index is 1.73. The zero-order valence-electron chi connectivity index (χ0n) is 21.0. The van der Waals surface area contributed by atoms with Gasteiger partial charge in [-0.05, 0) is 41.0 Å². The van der Waals surface area contributed by atoms with Crippen LogP contribution in [0.1, 0.15) is 27.9 Å². The Morgan fingerprint density at radius 1 is 0.615 bits per heavy atom. The van der Waals surface area contributed by atoms with Gasteiger partial charge in [0.25, 0.3) is 0 Å². The van der Waals surface area contributed by atoms with Gasteiger partial charge < -0.3 is 5.73 Å². The first-order valence-electron chi connectivity index (χ1n) is 12.7. The topological polar surface area (TPSA) is 43.8 Å². The number of nitrogens with two attached hydrogens (primary N) is 1. The van der Waals surface area contributed by atoms with E-state index < -0.39 is 11.4 Å². The van der Waals surface area contributed by atoms with Crippen LogP contribution in [-0.2, 0) is 5.54 Å². The average molecular weight is 514 g/mol. The summed E-state index contributed by atoms with van der Waals surface area (Å²) >= 11 is 0. The fourth-order valence-electron chi connectivity index (χ4n) is 5.24. The van der Waals surface area contributed by atoms with Crippen LogP contribution in [-0.4, -0.2) is 9.78 Å². The summed E-state index contributed by atoms with van der Waals surface area (Å²) in [5, 5.41) is 5.76. The summed E-state index contributed by atoms with van der Waals surface area (Å²) in [6.07, 6.45) is 3.43. The molecule has 0 saturated heterocycles. The molecule has 0 aliphatic heterocycles. The molecule has 3 nitrogen and oxygen atoms in total. The van der Waals surface area contributed by atoms with E-state index in [0.29, 0.717) is 22.2 Å². The molecule has 0 bridgehead atoms. The van der Waals surface area contributed by atoms with Crippen LogP contribution in [0.2, 0.25) is 0 Å². The minimum absolute atomic E-state index is 0.0207. The Kier molecular flexibility index (Phi) is 6.25. The van der Waals surface area contributed by atoms with Crippen molar-refractivity contribution in [2.75, 3.05) is 5.73 Å². The van der Waals surface area contributed by atoms with Crippen LogP contribution in [0, 0.1) is 11.6 Å². The summed E-state index contributed by atoms with van der Waals surface area (Å²) in [7, 11) is 0. The van der Waals surface area contributed by atoms with Gasteiger partial charge in [-0.1, -0.05) is 109 Å². The van der Waals surface area contributed by atoms with Crippen LogP contribution in [0.4, 0.5) is 14.5 Å². The molecule has 0 unspecified atom stereocenters. The molecule has 0 atom stereocenters. The quantitative estimate of drug-likeness (QED) is 0.182. The van der Waals surface area contributed by atoms with Crippen LogP contribution >= 0.6 is 0 Å². The van der Waals surface area contributed by atoms with Crippen molar-refractivity contribution < 1.29 is 8.78 Å². The van der Waals surface area contributed by atoms with E-state index in [-0.39, 0.29) is 11.5 Å². The lowest BCUT2D eigenvalue weighted by Gasteiger charge is -2.37. The third kappa shape index (κ3) is 4.18. The van der Waals surface area contributed by atoms with E-state index in [2.05, 4.69) is 36.4 Å². The number of anilines is 1. The molecule has 6 aromatic rings. The summed E-state index contributed by atoms with van der Waals surface area (Å²) in [4.78, 5) is 0. The van der Waals surface area contributed by atoms with Gasteiger partial charge in [0.1, 0.15) is 17.2 Å². The van der Waals surface area contributed by atoms with Crippen molar-refractivity contribution in [1.29, 1.82) is 0 Å². The molecule has 1 aromatic heterocycles. The van der Waals surface area contributed by atoms with Gasteiger partial charge in [-0.3, -0.25) is 0 Å². The molecule has 1 heterocycles. The molecular weight excluding hydrogens is 488 g/mol. The zero-order chi connectivity index (χ0) is 26.8. The highest BCUT2D eigenvalue weighted by Crippen LogP contribution is 2.43. The Bertz CT molecular complexity index is 1680. The molecule has 0 aliphatic rings. The van der Waals surface area contributed by atoms with Crippen molar-refractivity contribution in [2.45, 2.75) is 5.54 Å². The highest BCUT2D eigenvalue weighted by molar-refractivity contribution is 5.92. The number of hydrogen-bond acceptors (Lipinski definition) is 2. The van der Waals surface area contributed by atoms with Crippen LogP contribution in [0.5, 0.6) is 0 Å². The van der Waals surface area contributed by atoms with E-state index in [4.69, 9.17) is 10.8 Å². The van der Waals surface area contributed by atoms with E-state index in [1.165, 1.54) is 12.1 Å². The van der Waals surface area contributed by atoms with Crippen molar-refractivity contribution in [3.05, 3.63) is 167 Å². The van der Waals surface area contributed by atoms with Gasteiger partial charge >= 0.3 is 0 Å². The van der Waals surface area contributed by atoms with Crippen molar-refractivity contribution in [1.82, 2.24) is 9.78 Å². The minimum Gasteiger partial charge on any atom is -0.396 e. The Hall–Kier alpha value is -5.03. The maximum Gasteiger partial charge on any atom is 0.148 e. The normalized spacial score (nSPS) is 11.8. The first-order chi connectivity index (χ1) is 19.1. The smallest absolute Gasteiger partial charge is 0.148 e. The number of fused-ring (bicyclic) bond motifs is 1. The number of benzene rings is 5. The first-order valence-corrected chi connectivity index (χ1v) is 12.7. The second-order valence-electron chi connectivity index (χ2n) is 9.35. The van der Waals surface area contributed by atoms with E-state index in [9.17, 15) is 4.39 Å². The van der Waals surface area contributed by atoms with Crippen molar-refractivity contribution in [3.63, 3.8) is 0 Å². The molecule has 0 radical (unpaired) electrons. The van der Waals surface area contributed by atoms with Gasteiger partial charge in [0, 0.05) is 17.0 Å². The van der Waals surface area contributed by atoms with E-state index in [1.807, 2.05) is 59.3 Å². The molecule has 2 N–H and O–H groups in total. The molecule has 6 rings (SSSR count). The Morgan fingerprint density at radius 2 is 1.13 bits per heavy atom. The summed E-state index contributed by atoms with van der Waals surface area (Å²) in [5.74, 6) is -0.869. The molecule has 5 heteroatoms. The van der Waals surface area contributed by atoms with Crippen LogP contribution in [0.25, 0.3) is 23.1 Å². The van der Waals surface area contributed by atoms with Crippen molar-refractivity contribution in [3.8, 4) is 0 Å². The van der Waals surface area contributed by atoms with Gasteiger partial charge in [0.2, 0.25) is 0 Å². The number of rotatable bonds is 6. The summed E-state index contributed by atoms with van der Waals surface area (Å²) < 4.78 is 31.4. The number of nitrogen functional groups attached to an aromatic ring is 1. The maximum absolute atomic E-state index is 15.1. The molecule has 190 valence electrons. The number of hydrogen-bond donors (Lipinski definition) is 1. The minimum atomic E-state index is -0.950. The second-order valence-corrected chi connectivity index (χ2v) is 9.35. The first kappa shape index (κ1) is 24.3. The number of halogens is 2. The standard InChI is InChI=1S/C34H25F2N3/c35-29-19-11-10-12-24(29)20-21-32-28-22-31(37)30(36)23-33(28)39(38-32)34(25-13-4-1-5-14-25,26-15-6-2-7-16-26)27-17-8-3-9-18-27/h1-23H,37H2/b21-20+. The highest BCUT2D eigenvalue weighted by Gasteiger charge is 2.40. The summed E-state index contributed by atoms with van der Waals surface area (Å²) in [6.45, 7) is 0. The molecular formula is C34H25F2N3.